The summed E-state index contributed by atoms with van der Waals surface area (Å²) in [6.45, 7) is 9.32. The van der Waals surface area contributed by atoms with Crippen molar-refractivity contribution < 1.29 is 4.74 Å². The van der Waals surface area contributed by atoms with Crippen LogP contribution >= 0.6 is 0 Å². The molecule has 0 radical (unpaired) electrons. The molecule has 2 heterocycles. The number of nitrogens with zero attached hydrogens (tertiary/aromatic N) is 2. The standard InChI is InChI=1S/C14H25N3O/c1-4-5-7-15-14-16-11(2)9-17(14)12(3)13-6-8-18-10-13/h9,12-13H,4-8,10H2,1-3H3,(H,15,16). The normalized spacial score (nSPS) is 21.2. The quantitative estimate of drug-likeness (QED) is 0.790. The van der Waals surface area contributed by atoms with E-state index in [2.05, 4.69) is 41.8 Å². The highest BCUT2D eigenvalue weighted by molar-refractivity contribution is 5.29. The zero-order valence-electron chi connectivity index (χ0n) is 11.8. The maximum absolute atomic E-state index is 5.49. The SMILES string of the molecule is CCCCNc1nc(C)cn1C(C)C1CCOC1. The molecule has 0 spiro atoms. The highest BCUT2D eigenvalue weighted by atomic mass is 16.5. The van der Waals surface area contributed by atoms with Gasteiger partial charge in [-0.1, -0.05) is 13.3 Å². The maximum Gasteiger partial charge on any atom is 0.203 e. The average Bonchev–Trinajstić information content (AvgIpc) is 2.98. The first-order chi connectivity index (χ1) is 8.72. The van der Waals surface area contributed by atoms with Crippen LogP contribution in [-0.2, 0) is 4.74 Å². The van der Waals surface area contributed by atoms with Crippen LogP contribution in [0.3, 0.4) is 0 Å². The first-order valence-corrected chi connectivity index (χ1v) is 7.09. The Hall–Kier alpha value is -1.03. The summed E-state index contributed by atoms with van der Waals surface area (Å²) in [6, 6.07) is 0.456. The van der Waals surface area contributed by atoms with E-state index < -0.39 is 0 Å². The van der Waals surface area contributed by atoms with E-state index in [1.807, 2.05) is 0 Å². The molecular weight excluding hydrogens is 226 g/mol. The van der Waals surface area contributed by atoms with Crippen molar-refractivity contribution in [3.63, 3.8) is 0 Å². The van der Waals surface area contributed by atoms with Crippen LogP contribution in [0, 0.1) is 12.8 Å². The minimum Gasteiger partial charge on any atom is -0.381 e. The van der Waals surface area contributed by atoms with Crippen molar-refractivity contribution in [3.05, 3.63) is 11.9 Å². The highest BCUT2D eigenvalue weighted by Crippen LogP contribution is 2.28. The molecule has 1 saturated heterocycles. The predicted octanol–water partition coefficient (Wildman–Crippen LogP) is 3.00. The summed E-state index contributed by atoms with van der Waals surface area (Å²) < 4.78 is 7.77. The fourth-order valence-electron chi connectivity index (χ4n) is 2.49. The molecule has 1 fully saturated rings. The number of ether oxygens (including phenoxy) is 1. The van der Waals surface area contributed by atoms with Gasteiger partial charge in [-0.25, -0.2) is 4.98 Å². The van der Waals surface area contributed by atoms with E-state index in [1.165, 1.54) is 12.8 Å². The van der Waals surface area contributed by atoms with E-state index in [0.29, 0.717) is 12.0 Å². The van der Waals surface area contributed by atoms with Crippen LogP contribution in [0.25, 0.3) is 0 Å². The summed E-state index contributed by atoms with van der Waals surface area (Å²) in [6.07, 6.45) is 5.70. The highest BCUT2D eigenvalue weighted by Gasteiger charge is 2.25. The smallest absolute Gasteiger partial charge is 0.203 e. The predicted molar refractivity (Wildman–Crippen MR) is 74.0 cm³/mol. The second-order valence-electron chi connectivity index (χ2n) is 5.26. The van der Waals surface area contributed by atoms with Gasteiger partial charge < -0.3 is 14.6 Å². The number of aromatic nitrogens is 2. The van der Waals surface area contributed by atoms with Gasteiger partial charge >= 0.3 is 0 Å². The summed E-state index contributed by atoms with van der Waals surface area (Å²) in [7, 11) is 0. The number of aryl methyl sites for hydroxylation is 1. The minimum absolute atomic E-state index is 0.456. The van der Waals surface area contributed by atoms with Crippen LogP contribution in [0.1, 0.15) is 44.8 Å². The van der Waals surface area contributed by atoms with Crippen molar-refractivity contribution in [1.82, 2.24) is 9.55 Å². The van der Waals surface area contributed by atoms with Gasteiger partial charge in [0.05, 0.1) is 12.3 Å². The molecule has 0 aliphatic carbocycles. The van der Waals surface area contributed by atoms with Crippen LogP contribution in [-0.4, -0.2) is 29.3 Å². The largest absolute Gasteiger partial charge is 0.381 e. The lowest BCUT2D eigenvalue weighted by molar-refractivity contribution is 0.175. The van der Waals surface area contributed by atoms with Crippen LogP contribution in [0.5, 0.6) is 0 Å². The lowest BCUT2D eigenvalue weighted by atomic mass is 10.0. The van der Waals surface area contributed by atoms with Gasteiger partial charge in [0, 0.05) is 31.3 Å². The molecule has 4 heteroatoms. The molecule has 1 aliphatic rings. The molecule has 4 nitrogen and oxygen atoms in total. The number of nitrogens with one attached hydrogen (secondary N) is 1. The Kier molecular flexibility index (Phi) is 4.64. The first-order valence-electron chi connectivity index (χ1n) is 7.09. The van der Waals surface area contributed by atoms with E-state index in [-0.39, 0.29) is 0 Å². The van der Waals surface area contributed by atoms with Crippen molar-refractivity contribution in [2.24, 2.45) is 5.92 Å². The Morgan fingerprint density at radius 1 is 1.61 bits per heavy atom. The van der Waals surface area contributed by atoms with Crippen molar-refractivity contribution in [1.29, 1.82) is 0 Å². The Morgan fingerprint density at radius 3 is 3.11 bits per heavy atom. The Balaban J connectivity index is 2.05. The van der Waals surface area contributed by atoms with Gasteiger partial charge in [0.1, 0.15) is 0 Å². The molecule has 1 aliphatic heterocycles. The third-order valence-electron chi connectivity index (χ3n) is 3.75. The summed E-state index contributed by atoms with van der Waals surface area (Å²) in [5.41, 5.74) is 1.08. The fourth-order valence-corrected chi connectivity index (χ4v) is 2.49. The first kappa shape index (κ1) is 13.4. The molecule has 0 saturated carbocycles. The number of unbranched alkanes of at least 4 members (excludes halogenated alkanes) is 1. The molecule has 102 valence electrons. The van der Waals surface area contributed by atoms with E-state index >= 15 is 0 Å². The molecular formula is C14H25N3O. The summed E-state index contributed by atoms with van der Waals surface area (Å²) >= 11 is 0. The monoisotopic (exact) mass is 251 g/mol. The maximum atomic E-state index is 5.49. The third-order valence-corrected chi connectivity index (χ3v) is 3.75. The van der Waals surface area contributed by atoms with Crippen molar-refractivity contribution in [2.75, 3.05) is 25.1 Å². The molecule has 2 atom stereocenters. The van der Waals surface area contributed by atoms with Crippen LogP contribution in [0.4, 0.5) is 5.95 Å². The van der Waals surface area contributed by atoms with Gasteiger partial charge in [-0.3, -0.25) is 0 Å². The topological polar surface area (TPSA) is 39.1 Å². The van der Waals surface area contributed by atoms with E-state index in [9.17, 15) is 0 Å². The van der Waals surface area contributed by atoms with Crippen LogP contribution in [0.2, 0.25) is 0 Å². The number of imidazole rings is 1. The van der Waals surface area contributed by atoms with Crippen molar-refractivity contribution in [2.45, 2.75) is 46.1 Å². The zero-order chi connectivity index (χ0) is 13.0. The lowest BCUT2D eigenvalue weighted by Crippen LogP contribution is -2.19. The van der Waals surface area contributed by atoms with E-state index in [0.717, 1.165) is 37.8 Å². The van der Waals surface area contributed by atoms with Crippen LogP contribution in [0.15, 0.2) is 6.20 Å². The molecule has 2 unspecified atom stereocenters. The molecule has 2 rings (SSSR count). The summed E-state index contributed by atoms with van der Waals surface area (Å²) in [4.78, 5) is 4.59. The molecule has 0 bridgehead atoms. The molecule has 1 aromatic heterocycles. The van der Waals surface area contributed by atoms with Gasteiger partial charge in [-0.15, -0.1) is 0 Å². The average molecular weight is 251 g/mol. The summed E-state index contributed by atoms with van der Waals surface area (Å²) in [5.74, 6) is 1.63. The lowest BCUT2D eigenvalue weighted by Gasteiger charge is -2.21. The molecule has 1 aromatic rings. The molecule has 18 heavy (non-hydrogen) atoms. The Morgan fingerprint density at radius 2 is 2.44 bits per heavy atom. The number of anilines is 1. The number of hydrogen-bond acceptors (Lipinski definition) is 3. The molecule has 0 aromatic carbocycles. The van der Waals surface area contributed by atoms with Gasteiger partial charge in [0.25, 0.3) is 0 Å². The van der Waals surface area contributed by atoms with E-state index in [1.54, 1.807) is 0 Å². The Bertz CT molecular complexity index is 369. The number of rotatable bonds is 6. The third kappa shape index (κ3) is 3.05. The van der Waals surface area contributed by atoms with Crippen molar-refractivity contribution >= 4 is 5.95 Å². The molecule has 0 amide bonds. The van der Waals surface area contributed by atoms with Gasteiger partial charge in [-0.05, 0) is 26.7 Å². The second-order valence-corrected chi connectivity index (χ2v) is 5.26. The van der Waals surface area contributed by atoms with Gasteiger partial charge in [0.15, 0.2) is 0 Å². The minimum atomic E-state index is 0.456. The van der Waals surface area contributed by atoms with Gasteiger partial charge in [0.2, 0.25) is 5.95 Å². The van der Waals surface area contributed by atoms with Crippen molar-refractivity contribution in [3.8, 4) is 0 Å². The Labute approximate surface area is 110 Å². The van der Waals surface area contributed by atoms with Crippen LogP contribution < -0.4 is 5.32 Å². The summed E-state index contributed by atoms with van der Waals surface area (Å²) in [5, 5.41) is 3.45. The number of hydrogen-bond donors (Lipinski definition) is 1. The van der Waals surface area contributed by atoms with Gasteiger partial charge in [-0.2, -0.15) is 0 Å². The van der Waals surface area contributed by atoms with E-state index in [4.69, 9.17) is 4.74 Å². The second kappa shape index (κ2) is 6.23. The zero-order valence-corrected chi connectivity index (χ0v) is 11.8. The fraction of sp³-hybridized carbons (Fsp3) is 0.786. The molecule has 1 N–H and O–H groups in total.